The largest absolute Gasteiger partial charge is 0.347 e. The molecular weight excluding hydrogens is 336 g/mol. The van der Waals surface area contributed by atoms with Crippen LogP contribution in [0.25, 0.3) is 0 Å². The molecule has 2 aromatic carbocycles. The first-order valence-corrected chi connectivity index (χ1v) is 8.17. The van der Waals surface area contributed by atoms with Gasteiger partial charge in [0, 0.05) is 23.3 Å². The van der Waals surface area contributed by atoms with Crippen LogP contribution in [0, 0.1) is 6.92 Å². The second-order valence-corrected chi connectivity index (χ2v) is 5.97. The van der Waals surface area contributed by atoms with Crippen LogP contribution in [0.4, 0.5) is 11.5 Å². The van der Waals surface area contributed by atoms with Crippen LogP contribution in [-0.2, 0) is 6.54 Å². The van der Waals surface area contributed by atoms with Crippen LogP contribution >= 0.6 is 11.6 Å². The SMILES string of the molecule is Cc1ccccc1CNC(=O)c1cc(Nc2cccc(Cl)c2)ncn1. The minimum atomic E-state index is -0.250. The first kappa shape index (κ1) is 16.9. The van der Waals surface area contributed by atoms with Gasteiger partial charge in [-0.25, -0.2) is 9.97 Å². The minimum absolute atomic E-state index is 0.250. The lowest BCUT2D eigenvalue weighted by Gasteiger charge is -2.09. The van der Waals surface area contributed by atoms with Crippen LogP contribution in [-0.4, -0.2) is 15.9 Å². The summed E-state index contributed by atoms with van der Waals surface area (Å²) in [5.41, 5.74) is 3.29. The zero-order valence-corrected chi connectivity index (χ0v) is 14.4. The summed E-state index contributed by atoms with van der Waals surface area (Å²) < 4.78 is 0. The molecular formula is C19H17ClN4O. The predicted octanol–water partition coefficient (Wildman–Crippen LogP) is 4.11. The van der Waals surface area contributed by atoms with E-state index in [1.165, 1.54) is 6.33 Å². The topological polar surface area (TPSA) is 66.9 Å². The summed E-state index contributed by atoms with van der Waals surface area (Å²) in [6, 6.07) is 16.8. The van der Waals surface area contributed by atoms with Crippen molar-refractivity contribution in [2.45, 2.75) is 13.5 Å². The number of halogens is 1. The average molecular weight is 353 g/mol. The molecule has 0 unspecified atom stereocenters. The normalized spacial score (nSPS) is 10.3. The molecule has 3 rings (SSSR count). The van der Waals surface area contributed by atoms with Gasteiger partial charge in [-0.15, -0.1) is 0 Å². The molecule has 126 valence electrons. The molecule has 3 aromatic rings. The molecule has 0 saturated heterocycles. The molecule has 0 aliphatic heterocycles. The summed E-state index contributed by atoms with van der Waals surface area (Å²) in [4.78, 5) is 20.5. The van der Waals surface area contributed by atoms with Gasteiger partial charge in [0.1, 0.15) is 17.8 Å². The quantitative estimate of drug-likeness (QED) is 0.725. The van der Waals surface area contributed by atoms with E-state index in [4.69, 9.17) is 11.6 Å². The molecule has 0 saturated carbocycles. The zero-order valence-electron chi connectivity index (χ0n) is 13.7. The van der Waals surface area contributed by atoms with Crippen LogP contribution in [0.5, 0.6) is 0 Å². The summed E-state index contributed by atoms with van der Waals surface area (Å²) in [6.07, 6.45) is 1.36. The predicted molar refractivity (Wildman–Crippen MR) is 99.1 cm³/mol. The number of hydrogen-bond donors (Lipinski definition) is 2. The Morgan fingerprint density at radius 3 is 2.72 bits per heavy atom. The third-order valence-electron chi connectivity index (χ3n) is 3.70. The number of benzene rings is 2. The third-order valence-corrected chi connectivity index (χ3v) is 3.93. The Bertz CT molecular complexity index is 898. The van der Waals surface area contributed by atoms with Gasteiger partial charge in [-0.05, 0) is 36.2 Å². The highest BCUT2D eigenvalue weighted by Gasteiger charge is 2.09. The lowest BCUT2D eigenvalue weighted by atomic mass is 10.1. The van der Waals surface area contributed by atoms with Gasteiger partial charge in [0.05, 0.1) is 0 Å². The van der Waals surface area contributed by atoms with Crippen LogP contribution < -0.4 is 10.6 Å². The van der Waals surface area contributed by atoms with Crippen LogP contribution in [0.15, 0.2) is 60.9 Å². The second kappa shape index (κ2) is 7.77. The van der Waals surface area contributed by atoms with Crippen molar-refractivity contribution in [2.75, 3.05) is 5.32 Å². The van der Waals surface area contributed by atoms with E-state index in [2.05, 4.69) is 20.6 Å². The van der Waals surface area contributed by atoms with Gasteiger partial charge in [0.25, 0.3) is 5.91 Å². The molecule has 0 spiro atoms. The molecule has 1 aromatic heterocycles. The van der Waals surface area contributed by atoms with Crippen LogP contribution in [0.2, 0.25) is 5.02 Å². The molecule has 0 aliphatic rings. The van der Waals surface area contributed by atoms with Crippen LogP contribution in [0.3, 0.4) is 0 Å². The maximum absolute atomic E-state index is 12.3. The Morgan fingerprint density at radius 1 is 1.08 bits per heavy atom. The van der Waals surface area contributed by atoms with Gasteiger partial charge in [-0.1, -0.05) is 41.9 Å². The van der Waals surface area contributed by atoms with Crippen molar-refractivity contribution in [3.63, 3.8) is 0 Å². The van der Waals surface area contributed by atoms with Gasteiger partial charge in [0.15, 0.2) is 0 Å². The summed E-state index contributed by atoms with van der Waals surface area (Å²) in [5.74, 6) is 0.276. The lowest BCUT2D eigenvalue weighted by Crippen LogP contribution is -2.24. The van der Waals surface area contributed by atoms with E-state index in [1.807, 2.05) is 43.3 Å². The standard InChI is InChI=1S/C19H17ClN4O/c1-13-5-2-3-6-14(13)11-21-19(25)17-10-18(23-12-22-17)24-16-8-4-7-15(20)9-16/h2-10,12H,11H2,1H3,(H,21,25)(H,22,23,24). The van der Waals surface area contributed by atoms with Gasteiger partial charge >= 0.3 is 0 Å². The third kappa shape index (κ3) is 4.55. The number of hydrogen-bond acceptors (Lipinski definition) is 4. The van der Waals surface area contributed by atoms with Crippen molar-refractivity contribution in [1.29, 1.82) is 0 Å². The summed E-state index contributed by atoms with van der Waals surface area (Å²) in [5, 5.41) is 6.61. The van der Waals surface area contributed by atoms with E-state index >= 15 is 0 Å². The van der Waals surface area contributed by atoms with Crippen molar-refractivity contribution >= 4 is 29.0 Å². The lowest BCUT2D eigenvalue weighted by molar-refractivity contribution is 0.0945. The number of nitrogens with zero attached hydrogens (tertiary/aromatic N) is 2. The van der Waals surface area contributed by atoms with Crippen molar-refractivity contribution < 1.29 is 4.79 Å². The molecule has 2 N–H and O–H groups in total. The number of carbonyl (C=O) groups excluding carboxylic acids is 1. The van der Waals surface area contributed by atoms with E-state index in [-0.39, 0.29) is 5.91 Å². The van der Waals surface area contributed by atoms with Crippen molar-refractivity contribution in [3.8, 4) is 0 Å². The fraction of sp³-hybridized carbons (Fsp3) is 0.105. The highest BCUT2D eigenvalue weighted by molar-refractivity contribution is 6.30. The smallest absolute Gasteiger partial charge is 0.270 e. The monoisotopic (exact) mass is 352 g/mol. The molecule has 0 atom stereocenters. The van der Waals surface area contributed by atoms with Crippen molar-refractivity contribution in [3.05, 3.63) is 82.8 Å². The number of anilines is 2. The molecule has 25 heavy (non-hydrogen) atoms. The molecule has 1 heterocycles. The number of carbonyl (C=O) groups is 1. The fourth-order valence-electron chi connectivity index (χ4n) is 2.34. The highest BCUT2D eigenvalue weighted by Crippen LogP contribution is 2.19. The van der Waals surface area contributed by atoms with E-state index in [9.17, 15) is 4.79 Å². The van der Waals surface area contributed by atoms with E-state index in [1.54, 1.807) is 18.2 Å². The number of aryl methyl sites for hydroxylation is 1. The summed E-state index contributed by atoms with van der Waals surface area (Å²) in [6.45, 7) is 2.46. The maximum atomic E-state index is 12.3. The van der Waals surface area contributed by atoms with E-state index in [0.717, 1.165) is 16.8 Å². The first-order chi connectivity index (χ1) is 12.1. The molecule has 6 heteroatoms. The summed E-state index contributed by atoms with van der Waals surface area (Å²) in [7, 11) is 0. The maximum Gasteiger partial charge on any atom is 0.270 e. The molecule has 0 fully saturated rings. The molecule has 5 nitrogen and oxygen atoms in total. The van der Waals surface area contributed by atoms with Crippen LogP contribution in [0.1, 0.15) is 21.6 Å². The number of nitrogens with one attached hydrogen (secondary N) is 2. The van der Waals surface area contributed by atoms with Crippen molar-refractivity contribution in [2.24, 2.45) is 0 Å². The van der Waals surface area contributed by atoms with Crippen molar-refractivity contribution in [1.82, 2.24) is 15.3 Å². The van der Waals surface area contributed by atoms with Gasteiger partial charge in [-0.2, -0.15) is 0 Å². The Labute approximate surface area is 151 Å². The van der Waals surface area contributed by atoms with E-state index in [0.29, 0.717) is 23.1 Å². The van der Waals surface area contributed by atoms with Gasteiger partial charge in [-0.3, -0.25) is 4.79 Å². The van der Waals surface area contributed by atoms with Gasteiger partial charge < -0.3 is 10.6 Å². The number of aromatic nitrogens is 2. The first-order valence-electron chi connectivity index (χ1n) is 7.79. The molecule has 0 radical (unpaired) electrons. The Hall–Kier alpha value is -2.92. The molecule has 0 bridgehead atoms. The Kier molecular flexibility index (Phi) is 5.26. The van der Waals surface area contributed by atoms with E-state index < -0.39 is 0 Å². The second-order valence-electron chi connectivity index (χ2n) is 5.53. The Morgan fingerprint density at radius 2 is 1.92 bits per heavy atom. The van der Waals surface area contributed by atoms with Gasteiger partial charge in [0.2, 0.25) is 0 Å². The minimum Gasteiger partial charge on any atom is -0.347 e. The number of rotatable bonds is 5. The summed E-state index contributed by atoms with van der Waals surface area (Å²) >= 11 is 5.97. The number of amides is 1. The fourth-order valence-corrected chi connectivity index (χ4v) is 2.53. The average Bonchev–Trinajstić information content (AvgIpc) is 2.61. The Balaban J connectivity index is 1.68. The highest BCUT2D eigenvalue weighted by atomic mass is 35.5. The molecule has 1 amide bonds. The molecule has 0 aliphatic carbocycles. The zero-order chi connectivity index (χ0) is 17.6.